The van der Waals surface area contributed by atoms with Gasteiger partial charge in [-0.25, -0.2) is 9.97 Å². The SMILES string of the molecule is N#Cc1cc(-c2ccnc(Nc3ccc(C=CCN4CCOCC4)nc3)n2)ccc1OC1CCOCC1. The zero-order valence-electron chi connectivity index (χ0n) is 20.7. The molecule has 2 saturated heterocycles. The van der Waals surface area contributed by atoms with Crippen LogP contribution in [-0.4, -0.2) is 72.0 Å². The highest BCUT2D eigenvalue weighted by atomic mass is 16.5. The van der Waals surface area contributed by atoms with Crippen LogP contribution in [0.4, 0.5) is 11.6 Å². The molecule has 2 aromatic heterocycles. The van der Waals surface area contributed by atoms with Crippen LogP contribution in [0.1, 0.15) is 24.1 Å². The van der Waals surface area contributed by atoms with E-state index >= 15 is 0 Å². The molecule has 0 unspecified atom stereocenters. The minimum atomic E-state index is 0.0711. The van der Waals surface area contributed by atoms with Gasteiger partial charge >= 0.3 is 0 Å². The fraction of sp³-hybridized carbons (Fsp3) is 0.357. The molecule has 0 aliphatic carbocycles. The molecule has 4 heterocycles. The highest BCUT2D eigenvalue weighted by molar-refractivity contribution is 5.66. The Balaban J connectivity index is 1.22. The van der Waals surface area contributed by atoms with Gasteiger partial charge < -0.3 is 19.5 Å². The first kappa shape index (κ1) is 24.8. The average Bonchev–Trinajstić information content (AvgIpc) is 2.95. The standard InChI is InChI=1S/C28H30N6O3/c29-19-22-18-21(3-6-27(22)37-25-8-14-35-15-9-25)26-7-10-30-28(33-26)32-24-5-4-23(31-20-24)2-1-11-34-12-16-36-17-13-34/h1-7,10,18,20,25H,8-9,11-17H2,(H,30,32,33). The maximum atomic E-state index is 9.69. The highest BCUT2D eigenvalue weighted by Gasteiger charge is 2.17. The maximum absolute atomic E-state index is 9.69. The highest BCUT2D eigenvalue weighted by Crippen LogP contribution is 2.28. The predicted octanol–water partition coefficient (Wildman–Crippen LogP) is 4.06. The van der Waals surface area contributed by atoms with Crippen molar-refractivity contribution >= 4 is 17.7 Å². The molecule has 0 saturated carbocycles. The zero-order valence-corrected chi connectivity index (χ0v) is 20.7. The number of nitrogens with zero attached hydrogens (tertiary/aromatic N) is 5. The Hall–Kier alpha value is -3.84. The van der Waals surface area contributed by atoms with E-state index in [4.69, 9.17) is 14.2 Å². The second kappa shape index (κ2) is 12.4. The number of aromatic nitrogens is 3. The van der Waals surface area contributed by atoms with E-state index in [2.05, 4.69) is 37.3 Å². The van der Waals surface area contributed by atoms with Crippen LogP contribution in [0.3, 0.4) is 0 Å². The molecule has 0 atom stereocenters. The molecule has 2 aliphatic heterocycles. The molecule has 0 amide bonds. The van der Waals surface area contributed by atoms with Crippen molar-refractivity contribution in [2.45, 2.75) is 18.9 Å². The van der Waals surface area contributed by atoms with Gasteiger partial charge in [0.2, 0.25) is 5.95 Å². The van der Waals surface area contributed by atoms with E-state index in [0.717, 1.165) is 62.6 Å². The Kier molecular flexibility index (Phi) is 8.33. The van der Waals surface area contributed by atoms with Gasteiger partial charge in [-0.15, -0.1) is 0 Å². The summed E-state index contributed by atoms with van der Waals surface area (Å²) < 4.78 is 16.8. The van der Waals surface area contributed by atoms with Crippen molar-refractivity contribution in [2.75, 3.05) is 51.4 Å². The topological polar surface area (TPSA) is 105 Å². The van der Waals surface area contributed by atoms with E-state index in [-0.39, 0.29) is 6.10 Å². The third-order valence-corrected chi connectivity index (χ3v) is 6.31. The number of hydrogen-bond donors (Lipinski definition) is 1. The van der Waals surface area contributed by atoms with Gasteiger partial charge in [0.25, 0.3) is 0 Å². The zero-order chi connectivity index (χ0) is 25.3. The van der Waals surface area contributed by atoms with E-state index in [1.807, 2.05) is 36.4 Å². The molecule has 37 heavy (non-hydrogen) atoms. The Labute approximate surface area is 216 Å². The minimum Gasteiger partial charge on any atom is -0.489 e. The molecule has 0 spiro atoms. The van der Waals surface area contributed by atoms with Crippen LogP contribution in [-0.2, 0) is 9.47 Å². The van der Waals surface area contributed by atoms with Crippen LogP contribution in [0.2, 0.25) is 0 Å². The minimum absolute atomic E-state index is 0.0711. The molecule has 0 bridgehead atoms. The van der Waals surface area contributed by atoms with Crippen LogP contribution in [0.25, 0.3) is 17.3 Å². The summed E-state index contributed by atoms with van der Waals surface area (Å²) in [5.41, 5.74) is 3.70. The van der Waals surface area contributed by atoms with E-state index in [1.165, 1.54) is 0 Å². The van der Waals surface area contributed by atoms with Crippen molar-refractivity contribution in [3.8, 4) is 23.1 Å². The molecule has 3 aromatic rings. The van der Waals surface area contributed by atoms with Gasteiger partial charge in [-0.2, -0.15) is 5.26 Å². The number of pyridine rings is 1. The molecule has 2 fully saturated rings. The quantitative estimate of drug-likeness (QED) is 0.492. The Bertz CT molecular complexity index is 1250. The van der Waals surface area contributed by atoms with Gasteiger partial charge in [-0.05, 0) is 42.5 Å². The molecule has 2 aliphatic rings. The largest absolute Gasteiger partial charge is 0.489 e. The van der Waals surface area contributed by atoms with E-state index < -0.39 is 0 Å². The van der Waals surface area contributed by atoms with Gasteiger partial charge in [0.05, 0.1) is 55.3 Å². The first-order valence-corrected chi connectivity index (χ1v) is 12.6. The number of rotatable bonds is 8. The van der Waals surface area contributed by atoms with Crippen molar-refractivity contribution in [3.63, 3.8) is 0 Å². The summed E-state index contributed by atoms with van der Waals surface area (Å²) in [4.78, 5) is 15.8. The van der Waals surface area contributed by atoms with Crippen molar-refractivity contribution in [1.82, 2.24) is 19.9 Å². The summed E-state index contributed by atoms with van der Waals surface area (Å²) in [6.07, 6.45) is 9.34. The van der Waals surface area contributed by atoms with E-state index in [1.54, 1.807) is 18.5 Å². The third-order valence-electron chi connectivity index (χ3n) is 6.31. The smallest absolute Gasteiger partial charge is 0.227 e. The Morgan fingerprint density at radius 3 is 2.68 bits per heavy atom. The number of ether oxygens (including phenoxy) is 3. The number of anilines is 2. The second-order valence-corrected chi connectivity index (χ2v) is 8.93. The lowest BCUT2D eigenvalue weighted by Gasteiger charge is -2.25. The molecule has 5 rings (SSSR count). The average molecular weight is 499 g/mol. The van der Waals surface area contributed by atoms with Crippen LogP contribution in [0.15, 0.2) is 54.9 Å². The number of nitrogens with one attached hydrogen (secondary N) is 1. The molecular weight excluding hydrogens is 468 g/mol. The van der Waals surface area contributed by atoms with Crippen molar-refractivity contribution < 1.29 is 14.2 Å². The first-order chi connectivity index (χ1) is 18.3. The summed E-state index contributed by atoms with van der Waals surface area (Å²) in [5.74, 6) is 1.05. The summed E-state index contributed by atoms with van der Waals surface area (Å²) in [5, 5.41) is 12.9. The Morgan fingerprint density at radius 1 is 1.05 bits per heavy atom. The fourth-order valence-corrected chi connectivity index (χ4v) is 4.25. The predicted molar refractivity (Wildman–Crippen MR) is 140 cm³/mol. The summed E-state index contributed by atoms with van der Waals surface area (Å²) in [6, 6.07) is 13.5. The first-order valence-electron chi connectivity index (χ1n) is 12.6. The number of benzene rings is 1. The molecule has 0 radical (unpaired) electrons. The molecular formula is C28H30N6O3. The number of nitriles is 1. The van der Waals surface area contributed by atoms with Gasteiger partial charge in [-0.1, -0.05) is 6.08 Å². The fourth-order valence-electron chi connectivity index (χ4n) is 4.25. The van der Waals surface area contributed by atoms with Crippen molar-refractivity contribution in [3.05, 3.63) is 66.1 Å². The van der Waals surface area contributed by atoms with E-state index in [9.17, 15) is 5.26 Å². The van der Waals surface area contributed by atoms with Gasteiger partial charge in [0.1, 0.15) is 17.9 Å². The van der Waals surface area contributed by atoms with Crippen LogP contribution in [0.5, 0.6) is 5.75 Å². The van der Waals surface area contributed by atoms with Crippen LogP contribution >= 0.6 is 0 Å². The summed E-state index contributed by atoms with van der Waals surface area (Å²) >= 11 is 0. The molecule has 1 aromatic carbocycles. The molecule has 190 valence electrons. The third kappa shape index (κ3) is 6.89. The molecule has 1 N–H and O–H groups in total. The van der Waals surface area contributed by atoms with Gasteiger partial charge in [0, 0.05) is 44.2 Å². The lowest BCUT2D eigenvalue weighted by Crippen LogP contribution is -2.36. The normalized spacial score (nSPS) is 16.9. The second-order valence-electron chi connectivity index (χ2n) is 8.93. The van der Waals surface area contributed by atoms with Crippen LogP contribution in [0, 0.1) is 11.3 Å². The maximum Gasteiger partial charge on any atom is 0.227 e. The number of morpholine rings is 1. The van der Waals surface area contributed by atoms with E-state index in [0.29, 0.717) is 36.2 Å². The lowest BCUT2D eigenvalue weighted by molar-refractivity contribution is 0.0254. The lowest BCUT2D eigenvalue weighted by atomic mass is 10.1. The molecule has 9 heteroatoms. The Morgan fingerprint density at radius 2 is 1.89 bits per heavy atom. The summed E-state index contributed by atoms with van der Waals surface area (Å²) in [6.45, 7) is 5.78. The van der Waals surface area contributed by atoms with Crippen molar-refractivity contribution in [2.24, 2.45) is 0 Å². The monoisotopic (exact) mass is 498 g/mol. The van der Waals surface area contributed by atoms with Gasteiger partial charge in [-0.3, -0.25) is 9.88 Å². The van der Waals surface area contributed by atoms with Gasteiger partial charge in [0.15, 0.2) is 0 Å². The molecule has 9 nitrogen and oxygen atoms in total. The van der Waals surface area contributed by atoms with Crippen LogP contribution < -0.4 is 10.1 Å². The summed E-state index contributed by atoms with van der Waals surface area (Å²) in [7, 11) is 0. The van der Waals surface area contributed by atoms with Crippen molar-refractivity contribution in [1.29, 1.82) is 5.26 Å². The number of hydrogen-bond acceptors (Lipinski definition) is 9.